The van der Waals surface area contributed by atoms with Crippen molar-refractivity contribution in [3.05, 3.63) is 65.7 Å². The molecule has 1 N–H and O–H groups in total. The molecule has 114 valence electrons. The fraction of sp³-hybridized carbons (Fsp3) is 0.316. The molecule has 0 atom stereocenters. The molecule has 1 fully saturated rings. The van der Waals surface area contributed by atoms with Crippen molar-refractivity contribution < 1.29 is 9.53 Å². The third-order valence-corrected chi connectivity index (χ3v) is 4.10. The average molecular weight is 295 g/mol. The van der Waals surface area contributed by atoms with E-state index in [-0.39, 0.29) is 11.7 Å². The molecule has 2 aromatic carbocycles. The molecule has 0 spiro atoms. The monoisotopic (exact) mass is 295 g/mol. The Hall–Kier alpha value is -2.13. The Morgan fingerprint density at radius 2 is 1.68 bits per heavy atom. The first-order valence-corrected chi connectivity index (χ1v) is 7.84. The van der Waals surface area contributed by atoms with Crippen molar-refractivity contribution in [3.63, 3.8) is 0 Å². The summed E-state index contributed by atoms with van der Waals surface area (Å²) in [5.74, 6) is 1.22. The highest BCUT2D eigenvalue weighted by molar-refractivity contribution is 5.98. The van der Waals surface area contributed by atoms with Crippen LogP contribution in [0.4, 0.5) is 0 Å². The van der Waals surface area contributed by atoms with Gasteiger partial charge in [-0.3, -0.25) is 4.79 Å². The van der Waals surface area contributed by atoms with Crippen molar-refractivity contribution >= 4 is 5.78 Å². The minimum Gasteiger partial charge on any atom is -0.489 e. The summed E-state index contributed by atoms with van der Waals surface area (Å²) in [6, 6.07) is 17.6. The van der Waals surface area contributed by atoms with E-state index in [1.165, 1.54) is 0 Å². The Kier molecular flexibility index (Phi) is 4.86. The van der Waals surface area contributed by atoms with E-state index in [1.807, 2.05) is 54.6 Å². The lowest BCUT2D eigenvalue weighted by Gasteiger charge is -2.21. The third-order valence-electron chi connectivity index (χ3n) is 4.10. The maximum Gasteiger partial charge on any atom is 0.166 e. The van der Waals surface area contributed by atoms with E-state index in [2.05, 4.69) is 5.32 Å². The van der Waals surface area contributed by atoms with Crippen LogP contribution in [0.15, 0.2) is 54.6 Å². The summed E-state index contributed by atoms with van der Waals surface area (Å²) < 4.78 is 5.75. The third kappa shape index (κ3) is 3.74. The molecule has 0 amide bonds. The van der Waals surface area contributed by atoms with E-state index in [0.717, 1.165) is 42.8 Å². The molecule has 1 saturated heterocycles. The molecule has 0 bridgehead atoms. The van der Waals surface area contributed by atoms with E-state index >= 15 is 0 Å². The van der Waals surface area contributed by atoms with Gasteiger partial charge in [-0.1, -0.05) is 30.3 Å². The number of piperidine rings is 1. The minimum absolute atomic E-state index is 0.164. The second kappa shape index (κ2) is 7.23. The molecule has 0 unspecified atom stereocenters. The van der Waals surface area contributed by atoms with Gasteiger partial charge in [0.2, 0.25) is 0 Å². The van der Waals surface area contributed by atoms with Crippen LogP contribution >= 0.6 is 0 Å². The van der Waals surface area contributed by atoms with Gasteiger partial charge in [0.05, 0.1) is 0 Å². The number of carbonyl (C=O) groups excluding carboxylic acids is 1. The number of Topliss-reactive ketones (excluding diaryl/α,β-unsaturated/α-hetero) is 1. The van der Waals surface area contributed by atoms with Crippen LogP contribution in [0.5, 0.6) is 5.75 Å². The molecule has 22 heavy (non-hydrogen) atoms. The molecule has 0 aromatic heterocycles. The van der Waals surface area contributed by atoms with Gasteiger partial charge in [-0.05, 0) is 55.8 Å². The summed E-state index contributed by atoms with van der Waals surface area (Å²) >= 11 is 0. The van der Waals surface area contributed by atoms with Crippen molar-refractivity contribution in [3.8, 4) is 5.75 Å². The van der Waals surface area contributed by atoms with Crippen LogP contribution in [-0.4, -0.2) is 18.9 Å². The highest BCUT2D eigenvalue weighted by atomic mass is 16.5. The van der Waals surface area contributed by atoms with E-state index in [1.54, 1.807) is 0 Å². The predicted octanol–water partition coefficient (Wildman–Crippen LogP) is 3.45. The van der Waals surface area contributed by atoms with E-state index in [9.17, 15) is 4.79 Å². The highest BCUT2D eigenvalue weighted by Crippen LogP contribution is 2.20. The molecule has 1 aliphatic rings. The van der Waals surface area contributed by atoms with Crippen molar-refractivity contribution in [2.75, 3.05) is 13.1 Å². The van der Waals surface area contributed by atoms with Gasteiger partial charge in [-0.2, -0.15) is 0 Å². The van der Waals surface area contributed by atoms with Crippen LogP contribution in [-0.2, 0) is 6.61 Å². The number of rotatable bonds is 5. The molecular weight excluding hydrogens is 274 g/mol. The van der Waals surface area contributed by atoms with Crippen molar-refractivity contribution in [2.24, 2.45) is 5.92 Å². The van der Waals surface area contributed by atoms with Gasteiger partial charge in [-0.25, -0.2) is 0 Å². The normalized spacial score (nSPS) is 15.5. The lowest BCUT2D eigenvalue weighted by Crippen LogP contribution is -2.31. The molecule has 0 saturated carbocycles. The van der Waals surface area contributed by atoms with Crippen molar-refractivity contribution in [1.82, 2.24) is 5.32 Å². The summed E-state index contributed by atoms with van der Waals surface area (Å²) in [6.07, 6.45) is 1.87. The largest absolute Gasteiger partial charge is 0.489 e. The predicted molar refractivity (Wildman–Crippen MR) is 87.1 cm³/mol. The lowest BCUT2D eigenvalue weighted by atomic mass is 9.90. The number of nitrogens with one attached hydrogen (secondary N) is 1. The number of benzene rings is 2. The van der Waals surface area contributed by atoms with Gasteiger partial charge in [-0.15, -0.1) is 0 Å². The van der Waals surface area contributed by atoms with Crippen LogP contribution in [0.1, 0.15) is 28.8 Å². The Balaban J connectivity index is 1.59. The second-order valence-electron chi connectivity index (χ2n) is 5.69. The van der Waals surface area contributed by atoms with Gasteiger partial charge in [0.15, 0.2) is 5.78 Å². The summed E-state index contributed by atoms with van der Waals surface area (Å²) in [5, 5.41) is 3.29. The standard InChI is InChI=1S/C19H21NO2/c21-19(17-10-12-20-13-11-17)16-6-8-18(9-7-16)22-14-15-4-2-1-3-5-15/h1-9,17,20H,10-14H2. The van der Waals surface area contributed by atoms with Crippen LogP contribution in [0.25, 0.3) is 0 Å². The Morgan fingerprint density at radius 3 is 2.36 bits per heavy atom. The Morgan fingerprint density at radius 1 is 1.00 bits per heavy atom. The van der Waals surface area contributed by atoms with Gasteiger partial charge in [0.1, 0.15) is 12.4 Å². The first-order valence-electron chi connectivity index (χ1n) is 7.84. The van der Waals surface area contributed by atoms with Gasteiger partial charge >= 0.3 is 0 Å². The molecule has 2 aromatic rings. The van der Waals surface area contributed by atoms with E-state index in [4.69, 9.17) is 4.74 Å². The van der Waals surface area contributed by atoms with Crippen molar-refractivity contribution in [2.45, 2.75) is 19.4 Å². The maximum absolute atomic E-state index is 12.4. The van der Waals surface area contributed by atoms with Crippen LogP contribution in [0.3, 0.4) is 0 Å². The van der Waals surface area contributed by atoms with Gasteiger partial charge < -0.3 is 10.1 Å². The molecule has 3 nitrogen and oxygen atoms in total. The minimum atomic E-state index is 0.164. The second-order valence-corrected chi connectivity index (χ2v) is 5.69. The number of ether oxygens (including phenoxy) is 1. The zero-order valence-electron chi connectivity index (χ0n) is 12.6. The maximum atomic E-state index is 12.4. The fourth-order valence-electron chi connectivity index (χ4n) is 2.78. The number of hydrogen-bond acceptors (Lipinski definition) is 3. The zero-order valence-corrected chi connectivity index (χ0v) is 12.6. The molecular formula is C19H21NO2. The molecule has 3 heteroatoms. The smallest absolute Gasteiger partial charge is 0.166 e. The van der Waals surface area contributed by atoms with Crippen LogP contribution in [0, 0.1) is 5.92 Å². The average Bonchev–Trinajstić information content (AvgIpc) is 2.61. The van der Waals surface area contributed by atoms with Crippen LogP contribution in [0.2, 0.25) is 0 Å². The first-order chi connectivity index (χ1) is 10.8. The molecule has 1 aliphatic heterocycles. The van der Waals surface area contributed by atoms with Gasteiger partial charge in [0, 0.05) is 11.5 Å². The molecule has 3 rings (SSSR count). The molecule has 0 aliphatic carbocycles. The topological polar surface area (TPSA) is 38.3 Å². The molecule has 0 radical (unpaired) electrons. The van der Waals surface area contributed by atoms with E-state index in [0.29, 0.717) is 6.61 Å². The highest BCUT2D eigenvalue weighted by Gasteiger charge is 2.21. The molecule has 1 heterocycles. The number of hydrogen-bond donors (Lipinski definition) is 1. The fourth-order valence-corrected chi connectivity index (χ4v) is 2.78. The Labute approximate surface area is 131 Å². The quantitative estimate of drug-likeness (QED) is 0.859. The lowest BCUT2D eigenvalue weighted by molar-refractivity contribution is 0.0895. The zero-order chi connectivity index (χ0) is 15.2. The summed E-state index contributed by atoms with van der Waals surface area (Å²) in [4.78, 5) is 12.4. The Bertz CT molecular complexity index is 601. The summed E-state index contributed by atoms with van der Waals surface area (Å²) in [7, 11) is 0. The number of carbonyl (C=O) groups is 1. The first kappa shape index (κ1) is 14.8. The number of ketones is 1. The summed E-state index contributed by atoms with van der Waals surface area (Å²) in [5.41, 5.74) is 1.93. The van der Waals surface area contributed by atoms with E-state index < -0.39 is 0 Å². The van der Waals surface area contributed by atoms with Crippen molar-refractivity contribution in [1.29, 1.82) is 0 Å². The van der Waals surface area contributed by atoms with Gasteiger partial charge in [0.25, 0.3) is 0 Å². The van der Waals surface area contributed by atoms with Crippen LogP contribution < -0.4 is 10.1 Å². The summed E-state index contributed by atoms with van der Waals surface area (Å²) in [6.45, 7) is 2.42. The SMILES string of the molecule is O=C(c1ccc(OCc2ccccc2)cc1)C1CCNCC1.